The molecule has 1 aliphatic rings. The number of nitrogens with two attached hydrogens (primary N) is 1. The van der Waals surface area contributed by atoms with Gasteiger partial charge in [0, 0.05) is 11.5 Å². The lowest BCUT2D eigenvalue weighted by Gasteiger charge is -2.26. The van der Waals surface area contributed by atoms with Gasteiger partial charge >= 0.3 is 5.97 Å². The number of allylic oxidation sites excluding steroid dienone is 1. The number of H-pyrrole nitrogens is 1. The number of fused-ring (bicyclic) bond motifs is 1. The van der Waals surface area contributed by atoms with Crippen LogP contribution in [-0.4, -0.2) is 22.8 Å². The molecule has 0 spiro atoms. The fourth-order valence-electron chi connectivity index (χ4n) is 2.51. The van der Waals surface area contributed by atoms with Crippen LogP contribution in [-0.2, 0) is 16.0 Å². The third-order valence-electron chi connectivity index (χ3n) is 3.36. The molecule has 1 aromatic rings. The number of aromatic nitrogens is 2. The molecule has 7 nitrogen and oxygen atoms in total. The van der Waals surface area contributed by atoms with Crippen LogP contribution in [0.4, 0.5) is 0 Å². The molecule has 0 aromatic carbocycles. The lowest BCUT2D eigenvalue weighted by molar-refractivity contribution is -0.142. The number of carbonyl (C=O) groups is 1. The Morgan fingerprint density at radius 3 is 2.90 bits per heavy atom. The highest BCUT2D eigenvalue weighted by molar-refractivity contribution is 5.73. The van der Waals surface area contributed by atoms with Crippen molar-refractivity contribution >= 4 is 5.97 Å². The molecule has 0 saturated carbocycles. The van der Waals surface area contributed by atoms with E-state index in [1.807, 2.05) is 13.8 Å². The largest absolute Gasteiger partial charge is 0.466 e. The minimum absolute atomic E-state index is 0.0569. The Bertz CT molecular complexity index is 625. The van der Waals surface area contributed by atoms with Crippen LogP contribution in [0.25, 0.3) is 0 Å². The maximum absolute atomic E-state index is 11.7. The van der Waals surface area contributed by atoms with Gasteiger partial charge in [-0.2, -0.15) is 5.26 Å². The van der Waals surface area contributed by atoms with Crippen molar-refractivity contribution in [3.63, 3.8) is 0 Å². The van der Waals surface area contributed by atoms with Crippen molar-refractivity contribution in [1.82, 2.24) is 10.2 Å². The smallest absolute Gasteiger partial charge is 0.311 e. The van der Waals surface area contributed by atoms with Crippen molar-refractivity contribution in [2.75, 3.05) is 6.61 Å². The number of nitrogens with one attached hydrogen (secondary N) is 1. The van der Waals surface area contributed by atoms with Crippen molar-refractivity contribution in [2.45, 2.75) is 33.1 Å². The molecule has 1 aromatic heterocycles. The van der Waals surface area contributed by atoms with Gasteiger partial charge in [-0.3, -0.25) is 9.89 Å². The third kappa shape index (κ3) is 2.70. The average Bonchev–Trinajstić information content (AvgIpc) is 2.79. The van der Waals surface area contributed by atoms with E-state index in [1.54, 1.807) is 6.92 Å². The Balaban J connectivity index is 2.42. The second-order valence-corrected chi connectivity index (χ2v) is 5.12. The van der Waals surface area contributed by atoms with Crippen LogP contribution in [0.2, 0.25) is 0 Å². The molecule has 3 N–H and O–H groups in total. The molecule has 7 heteroatoms. The maximum Gasteiger partial charge on any atom is 0.311 e. The van der Waals surface area contributed by atoms with E-state index in [-0.39, 0.29) is 30.1 Å². The summed E-state index contributed by atoms with van der Waals surface area (Å²) >= 11 is 0. The van der Waals surface area contributed by atoms with Crippen molar-refractivity contribution in [1.29, 1.82) is 5.26 Å². The van der Waals surface area contributed by atoms with Gasteiger partial charge in [0.1, 0.15) is 6.07 Å². The van der Waals surface area contributed by atoms with Crippen LogP contribution < -0.4 is 10.5 Å². The number of aromatic amines is 1. The second-order valence-electron chi connectivity index (χ2n) is 5.12. The summed E-state index contributed by atoms with van der Waals surface area (Å²) in [5.74, 6) is -0.101. The topological polar surface area (TPSA) is 114 Å². The highest BCUT2D eigenvalue weighted by atomic mass is 16.5. The molecule has 112 valence electrons. The molecule has 0 bridgehead atoms. The van der Waals surface area contributed by atoms with Crippen molar-refractivity contribution < 1.29 is 14.3 Å². The number of rotatable bonds is 4. The number of hydrogen-bond acceptors (Lipinski definition) is 6. The Morgan fingerprint density at radius 2 is 2.33 bits per heavy atom. The molecule has 0 saturated heterocycles. The van der Waals surface area contributed by atoms with Crippen molar-refractivity contribution in [2.24, 2.45) is 11.7 Å². The number of nitriles is 1. The fraction of sp³-hybridized carbons (Fsp3) is 0.500. The lowest BCUT2D eigenvalue weighted by Crippen LogP contribution is -2.24. The number of nitrogens with zero attached hydrogens (tertiary/aromatic N) is 2. The van der Waals surface area contributed by atoms with Crippen LogP contribution >= 0.6 is 0 Å². The summed E-state index contributed by atoms with van der Waals surface area (Å²) in [4.78, 5) is 11.7. The number of esters is 1. The summed E-state index contributed by atoms with van der Waals surface area (Å²) in [7, 11) is 0. The van der Waals surface area contributed by atoms with Gasteiger partial charge in [-0.15, -0.1) is 5.10 Å². The second kappa shape index (κ2) is 5.87. The Hall–Kier alpha value is -2.49. The zero-order valence-corrected chi connectivity index (χ0v) is 12.3. The average molecular weight is 290 g/mol. The molecule has 2 heterocycles. The summed E-state index contributed by atoms with van der Waals surface area (Å²) in [5, 5.41) is 16.1. The SMILES string of the molecule is CCOC(=O)Cc1[nH]nc2c1[C@H](C(C)C)C(C#N)=C(N)O2. The van der Waals surface area contributed by atoms with Gasteiger partial charge in [-0.05, 0) is 12.8 Å². The Morgan fingerprint density at radius 1 is 1.62 bits per heavy atom. The van der Waals surface area contributed by atoms with Gasteiger partial charge in [-0.25, -0.2) is 0 Å². The van der Waals surface area contributed by atoms with Gasteiger partial charge < -0.3 is 15.2 Å². The first kappa shape index (κ1) is 14.9. The summed E-state index contributed by atoms with van der Waals surface area (Å²) in [5.41, 5.74) is 7.46. The van der Waals surface area contributed by atoms with E-state index in [9.17, 15) is 10.1 Å². The Kier molecular flexibility index (Phi) is 4.17. The summed E-state index contributed by atoms with van der Waals surface area (Å²) in [6.45, 7) is 6.02. The first-order valence-electron chi connectivity index (χ1n) is 6.79. The molecule has 1 atom stereocenters. The molecule has 0 unspecified atom stereocenters. The van der Waals surface area contributed by atoms with E-state index < -0.39 is 0 Å². The van der Waals surface area contributed by atoms with Gasteiger partial charge in [0.05, 0.1) is 24.3 Å². The van der Waals surface area contributed by atoms with Gasteiger partial charge in [-0.1, -0.05) is 13.8 Å². The summed E-state index contributed by atoms with van der Waals surface area (Å²) in [6.07, 6.45) is 0.0569. The van der Waals surface area contributed by atoms with Gasteiger partial charge in [0.15, 0.2) is 0 Å². The van der Waals surface area contributed by atoms with Crippen LogP contribution in [0.1, 0.15) is 37.9 Å². The minimum atomic E-state index is -0.354. The van der Waals surface area contributed by atoms with Crippen LogP contribution in [0.15, 0.2) is 11.5 Å². The zero-order valence-electron chi connectivity index (χ0n) is 12.3. The highest BCUT2D eigenvalue weighted by Gasteiger charge is 2.36. The molecule has 1 aliphatic heterocycles. The quantitative estimate of drug-likeness (QED) is 0.809. The van der Waals surface area contributed by atoms with E-state index in [0.29, 0.717) is 29.3 Å². The van der Waals surface area contributed by atoms with Crippen LogP contribution in [0.3, 0.4) is 0 Å². The fourth-order valence-corrected chi connectivity index (χ4v) is 2.51. The van der Waals surface area contributed by atoms with Crippen molar-refractivity contribution in [3.8, 4) is 11.9 Å². The minimum Gasteiger partial charge on any atom is -0.466 e. The molecular formula is C14H18N4O3. The van der Waals surface area contributed by atoms with Crippen LogP contribution in [0.5, 0.6) is 5.88 Å². The van der Waals surface area contributed by atoms with E-state index in [0.717, 1.165) is 0 Å². The molecule has 0 radical (unpaired) electrons. The third-order valence-corrected chi connectivity index (χ3v) is 3.36. The standard InChI is InChI=1S/C14H18N4O3/c1-4-20-10(19)5-9-12-11(7(2)3)8(6-15)13(16)21-14(12)18-17-9/h7,11H,4-5,16H2,1-3H3,(H,17,18)/t11-/m1/s1. The molecule has 2 rings (SSSR count). The van der Waals surface area contributed by atoms with Gasteiger partial charge in [0.2, 0.25) is 11.8 Å². The molecule has 0 aliphatic carbocycles. The van der Waals surface area contributed by atoms with E-state index in [1.165, 1.54) is 0 Å². The summed E-state index contributed by atoms with van der Waals surface area (Å²) in [6, 6.07) is 2.09. The monoisotopic (exact) mass is 290 g/mol. The summed E-state index contributed by atoms with van der Waals surface area (Å²) < 4.78 is 10.3. The van der Waals surface area contributed by atoms with Crippen LogP contribution in [0, 0.1) is 17.2 Å². The first-order chi connectivity index (χ1) is 9.99. The molecular weight excluding hydrogens is 272 g/mol. The lowest BCUT2D eigenvalue weighted by atomic mass is 9.81. The first-order valence-corrected chi connectivity index (χ1v) is 6.79. The van der Waals surface area contributed by atoms with E-state index >= 15 is 0 Å². The van der Waals surface area contributed by atoms with Crippen molar-refractivity contribution in [3.05, 3.63) is 22.7 Å². The molecule has 0 fully saturated rings. The normalized spacial score (nSPS) is 17.2. The number of ether oxygens (including phenoxy) is 2. The van der Waals surface area contributed by atoms with E-state index in [4.69, 9.17) is 15.2 Å². The number of hydrogen-bond donors (Lipinski definition) is 2. The van der Waals surface area contributed by atoms with E-state index in [2.05, 4.69) is 16.3 Å². The zero-order chi connectivity index (χ0) is 15.6. The predicted octanol–water partition coefficient (Wildman–Crippen LogP) is 1.34. The van der Waals surface area contributed by atoms with Gasteiger partial charge in [0.25, 0.3) is 0 Å². The predicted molar refractivity (Wildman–Crippen MR) is 74.0 cm³/mol. The number of carbonyl (C=O) groups excluding carboxylic acids is 1. The highest BCUT2D eigenvalue weighted by Crippen LogP contribution is 2.42. The molecule has 21 heavy (non-hydrogen) atoms. The maximum atomic E-state index is 11.7. The molecule has 0 amide bonds. The Labute approximate surface area is 122 Å².